The predicted molar refractivity (Wildman–Crippen MR) is 68.5 cm³/mol. The normalized spacial score (nSPS) is 40.3. The second-order valence-corrected chi connectivity index (χ2v) is 6.33. The summed E-state index contributed by atoms with van der Waals surface area (Å²) in [5.74, 6) is -0.0951. The van der Waals surface area contributed by atoms with Gasteiger partial charge in [0.15, 0.2) is 0 Å². The molecular formula is C15H20O4. The Morgan fingerprint density at radius 1 is 1.53 bits per heavy atom. The number of hydrogen-bond acceptors (Lipinski definition) is 4. The van der Waals surface area contributed by atoms with Crippen LogP contribution in [-0.2, 0) is 19.1 Å². The molecule has 104 valence electrons. The van der Waals surface area contributed by atoms with Crippen molar-refractivity contribution < 1.29 is 19.1 Å². The van der Waals surface area contributed by atoms with Gasteiger partial charge in [0.25, 0.3) is 0 Å². The molecule has 0 aromatic heterocycles. The molecule has 3 rings (SSSR count). The van der Waals surface area contributed by atoms with E-state index in [2.05, 4.69) is 0 Å². The lowest BCUT2D eigenvalue weighted by atomic mass is 9.58. The van der Waals surface area contributed by atoms with Crippen molar-refractivity contribution >= 4 is 11.8 Å². The summed E-state index contributed by atoms with van der Waals surface area (Å²) in [6.45, 7) is 5.61. The first-order chi connectivity index (χ1) is 8.89. The van der Waals surface area contributed by atoms with Crippen molar-refractivity contribution in [2.24, 2.45) is 5.41 Å². The molecular weight excluding hydrogens is 244 g/mol. The highest BCUT2D eigenvalue weighted by molar-refractivity contribution is 5.97. The topological polar surface area (TPSA) is 52.6 Å². The highest BCUT2D eigenvalue weighted by Gasteiger charge is 2.67. The molecule has 3 atom stereocenters. The smallest absolute Gasteiger partial charge is 0.337 e. The minimum absolute atomic E-state index is 0.109. The minimum atomic E-state index is -0.723. The van der Waals surface area contributed by atoms with Gasteiger partial charge >= 0.3 is 5.97 Å². The molecule has 19 heavy (non-hydrogen) atoms. The number of carbonyl (C=O) groups excluding carboxylic acids is 2. The lowest BCUT2D eigenvalue weighted by Crippen LogP contribution is -2.54. The molecule has 0 N–H and O–H groups in total. The first-order valence-electron chi connectivity index (χ1n) is 7.03. The summed E-state index contributed by atoms with van der Waals surface area (Å²) >= 11 is 0. The number of carbonyl (C=O) groups is 2. The van der Waals surface area contributed by atoms with Gasteiger partial charge in [-0.3, -0.25) is 4.79 Å². The van der Waals surface area contributed by atoms with Crippen molar-refractivity contribution in [3.05, 3.63) is 11.6 Å². The maximum absolute atomic E-state index is 12.3. The van der Waals surface area contributed by atoms with Gasteiger partial charge in [0.1, 0.15) is 11.4 Å². The van der Waals surface area contributed by atoms with Gasteiger partial charge in [0, 0.05) is 6.42 Å². The largest absolute Gasteiger partial charge is 0.460 e. The Morgan fingerprint density at radius 2 is 2.26 bits per heavy atom. The first-order valence-corrected chi connectivity index (χ1v) is 7.03. The third-order valence-electron chi connectivity index (χ3n) is 4.75. The zero-order chi connectivity index (χ0) is 13.8. The number of ether oxygens (including phenoxy) is 2. The summed E-state index contributed by atoms with van der Waals surface area (Å²) in [6.07, 6.45) is 4.42. The van der Waals surface area contributed by atoms with E-state index < -0.39 is 11.0 Å². The van der Waals surface area contributed by atoms with E-state index >= 15 is 0 Å². The molecule has 1 aliphatic carbocycles. The Balaban J connectivity index is 1.98. The fourth-order valence-electron chi connectivity index (χ4n) is 3.86. The highest BCUT2D eigenvalue weighted by Crippen LogP contribution is 2.60. The maximum atomic E-state index is 12.3. The highest BCUT2D eigenvalue weighted by atomic mass is 16.6. The molecule has 0 amide bonds. The minimum Gasteiger partial charge on any atom is -0.460 e. The molecule has 2 bridgehead atoms. The molecule has 0 unspecified atom stereocenters. The number of hydrogen-bond donors (Lipinski definition) is 0. The third-order valence-corrected chi connectivity index (χ3v) is 4.75. The van der Waals surface area contributed by atoms with Gasteiger partial charge < -0.3 is 9.47 Å². The molecule has 1 saturated carbocycles. The van der Waals surface area contributed by atoms with Crippen LogP contribution in [0.1, 0.15) is 46.5 Å². The summed E-state index contributed by atoms with van der Waals surface area (Å²) < 4.78 is 11.4. The van der Waals surface area contributed by atoms with Crippen molar-refractivity contribution in [2.45, 2.75) is 64.3 Å². The Labute approximate surface area is 113 Å². The van der Waals surface area contributed by atoms with Crippen molar-refractivity contribution in [1.82, 2.24) is 0 Å². The fourth-order valence-corrected chi connectivity index (χ4v) is 3.86. The average Bonchev–Trinajstić information content (AvgIpc) is 2.80. The molecule has 2 heterocycles. The number of rotatable bonds is 2. The number of esters is 1. The zero-order valence-electron chi connectivity index (χ0n) is 11.7. The summed E-state index contributed by atoms with van der Waals surface area (Å²) in [4.78, 5) is 24.6. The van der Waals surface area contributed by atoms with E-state index in [1.807, 2.05) is 26.8 Å². The maximum Gasteiger partial charge on any atom is 0.337 e. The summed E-state index contributed by atoms with van der Waals surface area (Å²) in [7, 11) is 0. The van der Waals surface area contributed by atoms with Crippen LogP contribution in [0, 0.1) is 5.41 Å². The van der Waals surface area contributed by atoms with Crippen LogP contribution in [0.25, 0.3) is 0 Å². The SMILES string of the molecule is CC(C)OC(=O)C1=C[C@H]2C[C@]3(C)C(=O)CCC[C@@]13O2. The van der Waals surface area contributed by atoms with E-state index in [1.54, 1.807) is 0 Å². The molecule has 2 fully saturated rings. The fraction of sp³-hybridized carbons (Fsp3) is 0.733. The third kappa shape index (κ3) is 1.55. The zero-order valence-corrected chi connectivity index (χ0v) is 11.7. The van der Waals surface area contributed by atoms with Gasteiger partial charge in [-0.25, -0.2) is 4.79 Å². The van der Waals surface area contributed by atoms with E-state index in [0.717, 1.165) is 12.8 Å². The van der Waals surface area contributed by atoms with Crippen LogP contribution in [0.4, 0.5) is 0 Å². The molecule has 4 heteroatoms. The summed E-state index contributed by atoms with van der Waals surface area (Å²) in [5, 5.41) is 0. The van der Waals surface area contributed by atoms with Crippen LogP contribution in [0.5, 0.6) is 0 Å². The van der Waals surface area contributed by atoms with Gasteiger partial charge in [0.05, 0.1) is 23.2 Å². The van der Waals surface area contributed by atoms with Gasteiger partial charge in [-0.1, -0.05) is 0 Å². The molecule has 0 radical (unpaired) electrons. The Kier molecular flexibility index (Phi) is 2.65. The lowest BCUT2D eigenvalue weighted by Gasteiger charge is -2.44. The van der Waals surface area contributed by atoms with Crippen LogP contribution in [-0.4, -0.2) is 29.6 Å². The van der Waals surface area contributed by atoms with Crippen molar-refractivity contribution in [2.75, 3.05) is 0 Å². The number of Topliss-reactive ketones (excluding diaryl/α,β-unsaturated/α-hetero) is 1. The summed E-state index contributed by atoms with van der Waals surface area (Å²) in [6, 6.07) is 0. The molecule has 0 aromatic carbocycles. The Morgan fingerprint density at radius 3 is 2.95 bits per heavy atom. The van der Waals surface area contributed by atoms with Gasteiger partial charge in [-0.05, 0) is 46.1 Å². The van der Waals surface area contributed by atoms with Gasteiger partial charge in [0.2, 0.25) is 0 Å². The van der Waals surface area contributed by atoms with E-state index in [9.17, 15) is 9.59 Å². The van der Waals surface area contributed by atoms with E-state index in [0.29, 0.717) is 18.4 Å². The molecule has 1 saturated heterocycles. The molecule has 4 nitrogen and oxygen atoms in total. The molecule has 2 aliphatic heterocycles. The predicted octanol–water partition coefficient (Wildman–Crippen LogP) is 2.17. The second-order valence-electron chi connectivity index (χ2n) is 6.33. The van der Waals surface area contributed by atoms with Crippen LogP contribution in [0.15, 0.2) is 11.6 Å². The van der Waals surface area contributed by atoms with Crippen LogP contribution in [0.3, 0.4) is 0 Å². The van der Waals surface area contributed by atoms with Crippen molar-refractivity contribution in [3.63, 3.8) is 0 Å². The first kappa shape index (κ1) is 12.9. The van der Waals surface area contributed by atoms with Gasteiger partial charge in [-0.15, -0.1) is 0 Å². The quantitative estimate of drug-likeness (QED) is 0.717. The van der Waals surface area contributed by atoms with E-state index in [1.165, 1.54) is 0 Å². The van der Waals surface area contributed by atoms with Crippen molar-refractivity contribution in [1.29, 1.82) is 0 Å². The Hall–Kier alpha value is -1.16. The van der Waals surface area contributed by atoms with Crippen LogP contribution in [0.2, 0.25) is 0 Å². The van der Waals surface area contributed by atoms with E-state index in [-0.39, 0.29) is 24.0 Å². The second kappa shape index (κ2) is 3.92. The molecule has 1 spiro atoms. The average molecular weight is 264 g/mol. The van der Waals surface area contributed by atoms with E-state index in [4.69, 9.17) is 9.47 Å². The lowest BCUT2D eigenvalue weighted by molar-refractivity contribution is -0.151. The summed E-state index contributed by atoms with van der Waals surface area (Å²) in [5.41, 5.74) is -0.692. The van der Waals surface area contributed by atoms with Crippen LogP contribution >= 0.6 is 0 Å². The number of fused-ring (bicyclic) bond motifs is 1. The van der Waals surface area contributed by atoms with Gasteiger partial charge in [-0.2, -0.15) is 0 Å². The number of ketones is 1. The van der Waals surface area contributed by atoms with Crippen LogP contribution < -0.4 is 0 Å². The standard InChI is InChI=1S/C15H20O4/c1-9(2)18-13(17)11-7-10-8-14(3)12(16)5-4-6-15(11,14)19-10/h7,9-10H,4-6,8H2,1-3H3/t10-,14+,15+/m0/s1. The molecule has 3 aliphatic rings. The molecule has 0 aromatic rings. The Bertz CT molecular complexity index is 479. The monoisotopic (exact) mass is 264 g/mol. The van der Waals surface area contributed by atoms with Crippen molar-refractivity contribution in [3.8, 4) is 0 Å².